The summed E-state index contributed by atoms with van der Waals surface area (Å²) in [6.45, 7) is 4.23. The van der Waals surface area contributed by atoms with E-state index in [2.05, 4.69) is 16.8 Å². The van der Waals surface area contributed by atoms with Crippen LogP contribution < -0.4 is 5.32 Å². The molecule has 0 aliphatic carbocycles. The van der Waals surface area contributed by atoms with Gasteiger partial charge in [0.1, 0.15) is 0 Å². The van der Waals surface area contributed by atoms with Crippen LogP contribution in [0.5, 0.6) is 0 Å². The molecule has 1 aliphatic rings. The van der Waals surface area contributed by atoms with Gasteiger partial charge in [-0.15, -0.1) is 0 Å². The summed E-state index contributed by atoms with van der Waals surface area (Å²) in [4.78, 5) is 11.0. The maximum absolute atomic E-state index is 11.0. The molecule has 0 aromatic carbocycles. The van der Waals surface area contributed by atoms with Gasteiger partial charge in [0.05, 0.1) is 0 Å². The highest BCUT2D eigenvalue weighted by molar-refractivity contribution is 5.77. The molecule has 1 atom stereocenters. The van der Waals surface area contributed by atoms with Crippen LogP contribution in [0.3, 0.4) is 0 Å². The first-order valence-electron chi connectivity index (χ1n) is 5.74. The lowest BCUT2D eigenvalue weighted by Gasteiger charge is -2.15. The predicted octanol–water partition coefficient (Wildman–Crippen LogP) is 2.14. The number of aryl methyl sites for hydroxylation is 1. The lowest BCUT2D eigenvalue weighted by Crippen LogP contribution is -2.18. The Morgan fingerprint density at radius 3 is 3.13 bits per heavy atom. The SMILES string of the molecule is CCCn1ccc(C=O)c1C1CCCN1. The number of carbonyl (C=O) groups excluding carboxylic acids is 1. The van der Waals surface area contributed by atoms with Crippen LogP contribution in [0.4, 0.5) is 0 Å². The minimum absolute atomic E-state index is 0.381. The highest BCUT2D eigenvalue weighted by Crippen LogP contribution is 2.26. The monoisotopic (exact) mass is 206 g/mol. The Bertz CT molecular complexity index is 337. The fourth-order valence-electron chi connectivity index (χ4n) is 2.36. The summed E-state index contributed by atoms with van der Waals surface area (Å²) >= 11 is 0. The Morgan fingerprint density at radius 1 is 1.67 bits per heavy atom. The quantitative estimate of drug-likeness (QED) is 0.766. The topological polar surface area (TPSA) is 34.0 Å². The molecule has 1 fully saturated rings. The average Bonchev–Trinajstić information content (AvgIpc) is 2.85. The number of aromatic nitrogens is 1. The summed E-state index contributed by atoms with van der Waals surface area (Å²) in [5.74, 6) is 0. The summed E-state index contributed by atoms with van der Waals surface area (Å²) < 4.78 is 2.22. The zero-order valence-electron chi connectivity index (χ0n) is 9.20. The maximum atomic E-state index is 11.0. The number of hydrogen-bond acceptors (Lipinski definition) is 2. The van der Waals surface area contributed by atoms with E-state index in [0.29, 0.717) is 6.04 Å². The molecule has 1 unspecified atom stereocenters. The second-order valence-electron chi connectivity index (χ2n) is 4.12. The van der Waals surface area contributed by atoms with Crippen molar-refractivity contribution >= 4 is 6.29 Å². The van der Waals surface area contributed by atoms with Crippen LogP contribution in [-0.2, 0) is 6.54 Å². The molecular weight excluding hydrogens is 188 g/mol. The van der Waals surface area contributed by atoms with Gasteiger partial charge in [-0.3, -0.25) is 4.79 Å². The Labute approximate surface area is 90.5 Å². The van der Waals surface area contributed by atoms with Gasteiger partial charge in [-0.1, -0.05) is 6.92 Å². The Morgan fingerprint density at radius 2 is 2.53 bits per heavy atom. The smallest absolute Gasteiger partial charge is 0.151 e. The van der Waals surface area contributed by atoms with Crippen molar-refractivity contribution in [2.24, 2.45) is 0 Å². The fraction of sp³-hybridized carbons (Fsp3) is 0.583. The molecule has 0 spiro atoms. The second-order valence-corrected chi connectivity index (χ2v) is 4.12. The third-order valence-corrected chi connectivity index (χ3v) is 3.02. The molecule has 0 amide bonds. The van der Waals surface area contributed by atoms with Gasteiger partial charge < -0.3 is 9.88 Å². The first kappa shape index (κ1) is 10.4. The van der Waals surface area contributed by atoms with Crippen molar-refractivity contribution in [2.75, 3.05) is 6.54 Å². The summed E-state index contributed by atoms with van der Waals surface area (Å²) in [5, 5.41) is 3.45. The minimum Gasteiger partial charge on any atom is -0.349 e. The molecule has 15 heavy (non-hydrogen) atoms. The van der Waals surface area contributed by atoms with Crippen molar-refractivity contribution in [3.8, 4) is 0 Å². The Kier molecular flexibility index (Phi) is 3.21. The largest absolute Gasteiger partial charge is 0.349 e. The molecule has 2 heterocycles. The lowest BCUT2D eigenvalue weighted by atomic mass is 10.1. The van der Waals surface area contributed by atoms with Crippen molar-refractivity contribution in [1.82, 2.24) is 9.88 Å². The molecule has 1 aliphatic heterocycles. The van der Waals surface area contributed by atoms with Gasteiger partial charge in [0.2, 0.25) is 0 Å². The van der Waals surface area contributed by atoms with Crippen molar-refractivity contribution in [1.29, 1.82) is 0 Å². The summed E-state index contributed by atoms with van der Waals surface area (Å²) in [6, 6.07) is 2.31. The van der Waals surface area contributed by atoms with Gasteiger partial charge in [0.25, 0.3) is 0 Å². The molecule has 1 saturated heterocycles. The Hall–Kier alpha value is -1.09. The third kappa shape index (κ3) is 1.97. The highest BCUT2D eigenvalue weighted by atomic mass is 16.1. The minimum atomic E-state index is 0.381. The average molecular weight is 206 g/mol. The molecule has 0 radical (unpaired) electrons. The molecule has 0 bridgehead atoms. The van der Waals surface area contributed by atoms with Gasteiger partial charge >= 0.3 is 0 Å². The summed E-state index contributed by atoms with van der Waals surface area (Å²) in [6.07, 6.45) is 6.46. The molecule has 0 saturated carbocycles. The van der Waals surface area contributed by atoms with Crippen LogP contribution >= 0.6 is 0 Å². The summed E-state index contributed by atoms with van der Waals surface area (Å²) in [5.41, 5.74) is 2.03. The van der Waals surface area contributed by atoms with Crippen molar-refractivity contribution in [3.63, 3.8) is 0 Å². The number of carbonyl (C=O) groups is 1. The van der Waals surface area contributed by atoms with Gasteiger partial charge in [-0.05, 0) is 31.9 Å². The number of aldehydes is 1. The molecular formula is C12H18N2O. The van der Waals surface area contributed by atoms with Crippen molar-refractivity contribution in [2.45, 2.75) is 38.8 Å². The van der Waals surface area contributed by atoms with E-state index in [4.69, 9.17) is 0 Å². The van der Waals surface area contributed by atoms with E-state index in [1.54, 1.807) is 0 Å². The predicted molar refractivity (Wildman–Crippen MR) is 60.1 cm³/mol. The molecule has 3 heteroatoms. The van der Waals surface area contributed by atoms with E-state index in [-0.39, 0.29) is 0 Å². The fourth-order valence-corrected chi connectivity index (χ4v) is 2.36. The highest BCUT2D eigenvalue weighted by Gasteiger charge is 2.22. The molecule has 2 rings (SSSR count). The standard InChI is InChI=1S/C12H18N2O/c1-2-7-14-8-5-10(9-15)12(14)11-4-3-6-13-11/h5,8-9,11,13H,2-4,6-7H2,1H3. The van der Waals surface area contributed by atoms with E-state index in [0.717, 1.165) is 37.8 Å². The van der Waals surface area contributed by atoms with Crippen LogP contribution in [-0.4, -0.2) is 17.4 Å². The normalized spacial score (nSPS) is 20.7. The number of rotatable bonds is 4. The van der Waals surface area contributed by atoms with Crippen LogP contribution in [0.15, 0.2) is 12.3 Å². The number of nitrogens with one attached hydrogen (secondary N) is 1. The molecule has 1 aromatic rings. The van der Waals surface area contributed by atoms with Gasteiger partial charge in [-0.2, -0.15) is 0 Å². The van der Waals surface area contributed by atoms with Gasteiger partial charge in [-0.25, -0.2) is 0 Å². The second kappa shape index (κ2) is 4.62. The zero-order valence-corrected chi connectivity index (χ0v) is 9.20. The third-order valence-electron chi connectivity index (χ3n) is 3.02. The molecule has 3 nitrogen and oxygen atoms in total. The van der Waals surface area contributed by atoms with E-state index < -0.39 is 0 Å². The van der Waals surface area contributed by atoms with Crippen LogP contribution in [0.1, 0.15) is 48.3 Å². The number of nitrogens with zero attached hydrogens (tertiary/aromatic N) is 1. The van der Waals surface area contributed by atoms with Crippen molar-refractivity contribution in [3.05, 3.63) is 23.5 Å². The molecule has 82 valence electrons. The van der Waals surface area contributed by atoms with E-state index >= 15 is 0 Å². The lowest BCUT2D eigenvalue weighted by molar-refractivity contribution is 0.112. The maximum Gasteiger partial charge on any atom is 0.151 e. The Balaban J connectivity index is 2.30. The zero-order chi connectivity index (χ0) is 10.7. The summed E-state index contributed by atoms with van der Waals surface area (Å²) in [7, 11) is 0. The van der Waals surface area contributed by atoms with E-state index in [1.807, 2.05) is 12.3 Å². The van der Waals surface area contributed by atoms with Crippen LogP contribution in [0.2, 0.25) is 0 Å². The molecule has 1 N–H and O–H groups in total. The van der Waals surface area contributed by atoms with Gasteiger partial charge in [0, 0.05) is 30.0 Å². The first-order valence-corrected chi connectivity index (χ1v) is 5.74. The van der Waals surface area contributed by atoms with Crippen LogP contribution in [0, 0.1) is 0 Å². The number of hydrogen-bond donors (Lipinski definition) is 1. The van der Waals surface area contributed by atoms with Crippen molar-refractivity contribution < 1.29 is 4.79 Å². The first-order chi connectivity index (χ1) is 7.36. The van der Waals surface area contributed by atoms with E-state index in [9.17, 15) is 4.79 Å². The van der Waals surface area contributed by atoms with Gasteiger partial charge in [0.15, 0.2) is 6.29 Å². The molecule has 1 aromatic heterocycles. The van der Waals surface area contributed by atoms with E-state index in [1.165, 1.54) is 12.1 Å². The van der Waals surface area contributed by atoms with Crippen LogP contribution in [0.25, 0.3) is 0 Å².